The van der Waals surface area contributed by atoms with E-state index in [0.29, 0.717) is 24.9 Å². The van der Waals surface area contributed by atoms with Gasteiger partial charge in [-0.1, -0.05) is 6.07 Å². The van der Waals surface area contributed by atoms with Crippen LogP contribution in [0.3, 0.4) is 0 Å². The summed E-state index contributed by atoms with van der Waals surface area (Å²) >= 11 is 1.82. The molecule has 1 aromatic rings. The third-order valence-electron chi connectivity index (χ3n) is 3.13. The highest BCUT2D eigenvalue weighted by Gasteiger charge is 2.22. The van der Waals surface area contributed by atoms with Crippen LogP contribution in [0.1, 0.15) is 19.8 Å². The van der Waals surface area contributed by atoms with Gasteiger partial charge in [-0.3, -0.25) is 0 Å². The number of piperidine rings is 1. The molecule has 1 N–H and O–H groups in total. The van der Waals surface area contributed by atoms with E-state index in [1.165, 1.54) is 9.80 Å². The van der Waals surface area contributed by atoms with Crippen LogP contribution in [0.4, 0.5) is 4.79 Å². The third-order valence-corrected chi connectivity index (χ3v) is 4.46. The van der Waals surface area contributed by atoms with Gasteiger partial charge in [0.2, 0.25) is 0 Å². The van der Waals surface area contributed by atoms with Crippen molar-refractivity contribution in [1.82, 2.24) is 4.90 Å². The molecule has 1 aromatic carbocycles. The van der Waals surface area contributed by atoms with Gasteiger partial charge in [-0.05, 0) is 38.0 Å². The molecule has 1 aliphatic rings. The number of benzene rings is 1. The summed E-state index contributed by atoms with van der Waals surface area (Å²) in [5.41, 5.74) is 0. The average Bonchev–Trinajstić information content (AvgIpc) is 2.40. The second kappa shape index (κ2) is 6.70. The van der Waals surface area contributed by atoms with Crippen molar-refractivity contribution in [1.29, 1.82) is 0 Å². The maximum absolute atomic E-state index is 10.8. The smallest absolute Gasteiger partial charge is 0.407 e. The molecule has 1 aliphatic heterocycles. The van der Waals surface area contributed by atoms with Gasteiger partial charge in [0.15, 0.2) is 0 Å². The molecule has 0 bridgehead atoms. The molecule has 0 spiro atoms. The summed E-state index contributed by atoms with van der Waals surface area (Å²) in [4.78, 5) is 13.5. The van der Waals surface area contributed by atoms with E-state index in [9.17, 15) is 4.79 Å². The number of thioether (sulfide) groups is 1. The standard InChI is InChI=1S/C14H19NO3S/c1-2-18-11-4-3-5-13(10-11)19-12-6-8-15(9-7-12)14(16)17/h3-5,10,12H,2,6-9H2,1H3,(H,16,17). The zero-order valence-electron chi connectivity index (χ0n) is 11.0. The molecular weight excluding hydrogens is 262 g/mol. The van der Waals surface area contributed by atoms with Crippen LogP contribution in [-0.4, -0.2) is 41.0 Å². The van der Waals surface area contributed by atoms with Gasteiger partial charge in [-0.15, -0.1) is 11.8 Å². The lowest BCUT2D eigenvalue weighted by Crippen LogP contribution is -2.38. The average molecular weight is 281 g/mol. The number of nitrogens with zero attached hydrogens (tertiary/aromatic N) is 1. The maximum atomic E-state index is 10.8. The summed E-state index contributed by atoms with van der Waals surface area (Å²) in [6.07, 6.45) is 1.02. The first kappa shape index (κ1) is 14.1. The van der Waals surface area contributed by atoms with Crippen LogP contribution >= 0.6 is 11.8 Å². The third kappa shape index (κ3) is 4.06. The van der Waals surface area contributed by atoms with E-state index in [0.717, 1.165) is 18.6 Å². The second-order valence-electron chi connectivity index (χ2n) is 4.49. The number of hydrogen-bond donors (Lipinski definition) is 1. The van der Waals surface area contributed by atoms with Crippen molar-refractivity contribution < 1.29 is 14.6 Å². The second-order valence-corrected chi connectivity index (χ2v) is 5.87. The van der Waals surface area contributed by atoms with Gasteiger partial charge >= 0.3 is 6.09 Å². The van der Waals surface area contributed by atoms with Crippen LogP contribution in [0.5, 0.6) is 5.75 Å². The van der Waals surface area contributed by atoms with Crippen molar-refractivity contribution >= 4 is 17.9 Å². The van der Waals surface area contributed by atoms with Gasteiger partial charge in [0.1, 0.15) is 5.75 Å². The normalized spacial score (nSPS) is 16.4. The first-order valence-corrected chi connectivity index (χ1v) is 7.44. The van der Waals surface area contributed by atoms with Gasteiger partial charge in [0.05, 0.1) is 6.61 Å². The van der Waals surface area contributed by atoms with Gasteiger partial charge in [0, 0.05) is 23.2 Å². The Balaban J connectivity index is 1.88. The molecule has 0 unspecified atom stereocenters. The topological polar surface area (TPSA) is 49.8 Å². The molecule has 0 aliphatic carbocycles. The number of rotatable bonds is 4. The molecule has 2 rings (SSSR count). The largest absolute Gasteiger partial charge is 0.494 e. The minimum atomic E-state index is -0.804. The van der Waals surface area contributed by atoms with E-state index in [2.05, 4.69) is 12.1 Å². The SMILES string of the molecule is CCOc1cccc(SC2CCN(C(=O)O)CC2)c1. The van der Waals surface area contributed by atoms with Crippen LogP contribution in [0, 0.1) is 0 Å². The summed E-state index contributed by atoms with van der Waals surface area (Å²) < 4.78 is 5.48. The van der Waals surface area contributed by atoms with E-state index >= 15 is 0 Å². The first-order valence-electron chi connectivity index (χ1n) is 6.56. The molecule has 1 saturated heterocycles. The highest BCUT2D eigenvalue weighted by atomic mass is 32.2. The predicted octanol–water partition coefficient (Wildman–Crippen LogP) is 3.32. The van der Waals surface area contributed by atoms with Crippen LogP contribution < -0.4 is 4.74 Å². The predicted molar refractivity (Wildman–Crippen MR) is 76.1 cm³/mol. The van der Waals surface area contributed by atoms with Crippen LogP contribution in [-0.2, 0) is 0 Å². The highest BCUT2D eigenvalue weighted by molar-refractivity contribution is 8.00. The summed E-state index contributed by atoms with van der Waals surface area (Å²) in [5.74, 6) is 0.899. The van der Waals surface area contributed by atoms with Gasteiger partial charge < -0.3 is 14.7 Å². The van der Waals surface area contributed by atoms with Crippen LogP contribution in [0.25, 0.3) is 0 Å². The summed E-state index contributed by atoms with van der Waals surface area (Å²) in [5, 5.41) is 9.41. The van der Waals surface area contributed by atoms with E-state index in [4.69, 9.17) is 9.84 Å². The quantitative estimate of drug-likeness (QED) is 0.919. The Hall–Kier alpha value is -1.36. The molecule has 0 saturated carbocycles. The lowest BCUT2D eigenvalue weighted by molar-refractivity contribution is 0.136. The molecular formula is C14H19NO3S. The molecule has 1 heterocycles. The van der Waals surface area contributed by atoms with Gasteiger partial charge in [-0.25, -0.2) is 4.79 Å². The molecule has 1 fully saturated rings. The van der Waals surface area contributed by atoms with E-state index in [1.807, 2.05) is 30.8 Å². The summed E-state index contributed by atoms with van der Waals surface area (Å²) in [7, 11) is 0. The zero-order chi connectivity index (χ0) is 13.7. The molecule has 104 valence electrons. The first-order chi connectivity index (χ1) is 9.19. The fraction of sp³-hybridized carbons (Fsp3) is 0.500. The van der Waals surface area contributed by atoms with Crippen molar-refractivity contribution in [2.45, 2.75) is 29.9 Å². The van der Waals surface area contributed by atoms with Crippen molar-refractivity contribution in [3.05, 3.63) is 24.3 Å². The fourth-order valence-electron chi connectivity index (χ4n) is 2.16. The number of ether oxygens (including phenoxy) is 1. The molecule has 0 radical (unpaired) electrons. The zero-order valence-corrected chi connectivity index (χ0v) is 11.9. The highest BCUT2D eigenvalue weighted by Crippen LogP contribution is 2.32. The van der Waals surface area contributed by atoms with Crippen molar-refractivity contribution in [2.75, 3.05) is 19.7 Å². The Morgan fingerprint density at radius 3 is 2.84 bits per heavy atom. The van der Waals surface area contributed by atoms with Crippen molar-refractivity contribution in [3.63, 3.8) is 0 Å². The molecule has 0 atom stereocenters. The van der Waals surface area contributed by atoms with E-state index < -0.39 is 6.09 Å². The number of carbonyl (C=O) groups is 1. The Bertz CT molecular complexity index is 430. The van der Waals surface area contributed by atoms with Crippen LogP contribution in [0.2, 0.25) is 0 Å². The molecule has 1 amide bonds. The monoisotopic (exact) mass is 281 g/mol. The number of amides is 1. The Morgan fingerprint density at radius 1 is 1.47 bits per heavy atom. The molecule has 5 heteroatoms. The molecule has 4 nitrogen and oxygen atoms in total. The molecule has 0 aromatic heterocycles. The van der Waals surface area contributed by atoms with E-state index in [1.54, 1.807) is 0 Å². The molecule has 19 heavy (non-hydrogen) atoms. The minimum Gasteiger partial charge on any atom is -0.494 e. The van der Waals surface area contributed by atoms with Crippen molar-refractivity contribution in [3.8, 4) is 5.75 Å². The van der Waals surface area contributed by atoms with Gasteiger partial charge in [0.25, 0.3) is 0 Å². The lowest BCUT2D eigenvalue weighted by Gasteiger charge is -2.29. The van der Waals surface area contributed by atoms with Gasteiger partial charge in [-0.2, -0.15) is 0 Å². The number of likely N-dealkylation sites (tertiary alicyclic amines) is 1. The summed E-state index contributed by atoms with van der Waals surface area (Å²) in [6.45, 7) is 3.92. The minimum absolute atomic E-state index is 0.493. The fourth-order valence-corrected chi connectivity index (χ4v) is 3.33. The Labute approximate surface area is 117 Å². The van der Waals surface area contributed by atoms with Crippen molar-refractivity contribution in [2.24, 2.45) is 0 Å². The lowest BCUT2D eigenvalue weighted by atomic mass is 10.1. The Morgan fingerprint density at radius 2 is 2.21 bits per heavy atom. The number of carboxylic acid groups (broad SMARTS) is 1. The summed E-state index contributed by atoms with van der Waals surface area (Å²) in [6, 6.07) is 8.09. The Kier molecular flexibility index (Phi) is 4.96. The maximum Gasteiger partial charge on any atom is 0.407 e. The number of hydrogen-bond acceptors (Lipinski definition) is 3. The van der Waals surface area contributed by atoms with Crippen LogP contribution in [0.15, 0.2) is 29.2 Å². The van der Waals surface area contributed by atoms with E-state index in [-0.39, 0.29) is 0 Å².